The number of aromatic nitrogens is 4. The quantitative estimate of drug-likeness (QED) is 0.303. The Morgan fingerprint density at radius 1 is 1.14 bits per heavy atom. The molecule has 12 heteroatoms. The summed E-state index contributed by atoms with van der Waals surface area (Å²) in [7, 11) is -1.29. The van der Waals surface area contributed by atoms with Gasteiger partial charge in [-0.1, -0.05) is 12.1 Å². The molecule has 1 saturated carbocycles. The van der Waals surface area contributed by atoms with Crippen LogP contribution in [0, 0.1) is 0 Å². The van der Waals surface area contributed by atoms with E-state index in [0.29, 0.717) is 28.2 Å². The largest absolute Gasteiger partial charge is 0.434 e. The molecule has 1 aliphatic carbocycles. The number of hydrogen-bond acceptors (Lipinski definition) is 6. The maximum absolute atomic E-state index is 13.7. The van der Waals surface area contributed by atoms with Gasteiger partial charge in [-0.15, -0.1) is 0 Å². The van der Waals surface area contributed by atoms with Gasteiger partial charge < -0.3 is 14.2 Å². The molecule has 4 aromatic rings. The summed E-state index contributed by atoms with van der Waals surface area (Å²) in [5.41, 5.74) is 2.32. The molecule has 1 fully saturated rings. The van der Waals surface area contributed by atoms with Gasteiger partial charge in [-0.3, -0.25) is 4.79 Å². The van der Waals surface area contributed by atoms with Gasteiger partial charge in [-0.25, -0.2) is 23.9 Å². The zero-order valence-electron chi connectivity index (χ0n) is 26.8. The number of carbonyl (C=O) groups excluding carboxylic acids is 1. The van der Waals surface area contributed by atoms with Crippen molar-refractivity contribution in [2.75, 3.05) is 6.98 Å². The number of hydrogen-bond donors (Lipinski definition) is 1. The smallest absolute Gasteiger partial charge is 0.387 e. The Labute approximate surface area is 254 Å². The first-order valence-corrected chi connectivity index (χ1v) is 15.3. The van der Waals surface area contributed by atoms with E-state index in [2.05, 4.69) is 14.7 Å². The van der Waals surface area contributed by atoms with Crippen LogP contribution in [-0.2, 0) is 16.5 Å². The predicted molar refractivity (Wildman–Crippen MR) is 158 cm³/mol. The number of rotatable bonds is 6. The monoisotopic (exact) mass is 609 g/mol. The third-order valence-electron chi connectivity index (χ3n) is 8.61. The van der Waals surface area contributed by atoms with E-state index in [9.17, 15) is 17.8 Å². The van der Waals surface area contributed by atoms with E-state index in [4.69, 9.17) is 13.8 Å². The summed E-state index contributed by atoms with van der Waals surface area (Å²) in [6.07, 6.45) is 6.09. The third kappa shape index (κ3) is 4.45. The number of halogens is 2. The summed E-state index contributed by atoms with van der Waals surface area (Å²) in [4.78, 5) is 28.6. The summed E-state index contributed by atoms with van der Waals surface area (Å²) in [6, 6.07) is 8.13. The number of imidazole rings is 1. The summed E-state index contributed by atoms with van der Waals surface area (Å²) >= 11 is 0. The molecule has 224 valence electrons. The fourth-order valence-corrected chi connectivity index (χ4v) is 7.20. The topological polar surface area (TPSA) is 102 Å². The lowest BCUT2D eigenvalue weighted by molar-refractivity contribution is -0.0507. The Balaban J connectivity index is 1.31. The Morgan fingerprint density at radius 3 is 2.56 bits per heavy atom. The van der Waals surface area contributed by atoms with Crippen molar-refractivity contribution in [1.29, 1.82) is 0 Å². The molecule has 9 nitrogen and oxygen atoms in total. The van der Waals surface area contributed by atoms with E-state index in [-0.39, 0.29) is 23.3 Å². The molecule has 3 atom stereocenters. The van der Waals surface area contributed by atoms with Gasteiger partial charge in [-0.2, -0.15) is 8.78 Å². The molecular weight excluding hydrogens is 574 g/mol. The van der Waals surface area contributed by atoms with Crippen LogP contribution in [0.5, 0.6) is 5.75 Å². The normalized spacial score (nSPS) is 22.7. The van der Waals surface area contributed by atoms with Crippen molar-refractivity contribution in [3.8, 4) is 16.9 Å². The van der Waals surface area contributed by atoms with Crippen LogP contribution in [0.1, 0.15) is 90.2 Å². The number of nitrogens with zero attached hydrogens (tertiary/aromatic N) is 5. The molecular formula is C31H32F2N6O3S. The molecule has 3 aliphatic rings. The van der Waals surface area contributed by atoms with Crippen molar-refractivity contribution in [3.63, 3.8) is 0 Å². The number of ether oxygens (including phenoxy) is 1. The first-order valence-electron chi connectivity index (χ1n) is 15.6. The van der Waals surface area contributed by atoms with Crippen molar-refractivity contribution >= 4 is 27.9 Å². The minimum Gasteiger partial charge on any atom is -0.434 e. The SMILES string of the molecule is [2H]C([2H])([2H])N1C(=O)c2cccc(OC(F)F)c2[C@H]2C[C@@H]1c1nc3ccc(-c4cnc(C5(NS(=O)C(C)(C)C)CCC5)nc4)cc3n12. The highest BCUT2D eigenvalue weighted by Crippen LogP contribution is 2.50. The fraction of sp³-hybridized carbons (Fsp3) is 0.419. The van der Waals surface area contributed by atoms with Crippen molar-refractivity contribution < 1.29 is 26.6 Å². The maximum Gasteiger partial charge on any atom is 0.387 e. The Bertz CT molecular complexity index is 1890. The second-order valence-corrected chi connectivity index (χ2v) is 14.3. The molecule has 1 amide bonds. The molecule has 7 rings (SSSR count). The molecule has 0 spiro atoms. The summed E-state index contributed by atoms with van der Waals surface area (Å²) in [6.45, 7) is -0.215. The van der Waals surface area contributed by atoms with Crippen molar-refractivity contribution in [3.05, 3.63) is 71.6 Å². The van der Waals surface area contributed by atoms with Crippen LogP contribution in [0.15, 0.2) is 48.8 Å². The van der Waals surface area contributed by atoms with Crippen LogP contribution in [-0.4, -0.2) is 52.9 Å². The van der Waals surface area contributed by atoms with Gasteiger partial charge >= 0.3 is 6.61 Å². The standard InChI is InChI=1S/C31H32F2N6O3S/c1-30(2,3)43(41)37-31(11-6-12-31)28-34-15-18(16-35-28)17-9-10-20-21(13-17)39-22-14-23(26(39)36-20)38(4)27(40)19-7-5-8-24(25(19)22)42-29(32)33/h5,7-10,13,15-16,22-23,29,37H,6,11-12,14H2,1-4H3/t22-,23-,43?/m1/s1/i4D3. The van der Waals surface area contributed by atoms with Gasteiger partial charge in [0.05, 0.1) is 44.4 Å². The van der Waals surface area contributed by atoms with E-state index in [1.54, 1.807) is 18.5 Å². The van der Waals surface area contributed by atoms with Crippen LogP contribution in [0.2, 0.25) is 0 Å². The molecule has 1 N–H and O–H groups in total. The Hall–Kier alpha value is -3.77. The van der Waals surface area contributed by atoms with Crippen LogP contribution in [0.3, 0.4) is 0 Å². The van der Waals surface area contributed by atoms with Gasteiger partial charge in [0.15, 0.2) is 0 Å². The van der Waals surface area contributed by atoms with Crippen LogP contribution < -0.4 is 9.46 Å². The van der Waals surface area contributed by atoms with Gasteiger partial charge in [0.2, 0.25) is 0 Å². The lowest BCUT2D eigenvalue weighted by atomic mass is 9.77. The molecule has 2 bridgehead atoms. The molecule has 0 radical (unpaired) electrons. The molecule has 43 heavy (non-hydrogen) atoms. The summed E-state index contributed by atoms with van der Waals surface area (Å²) in [5.74, 6) is -0.0362. The lowest BCUT2D eigenvalue weighted by Gasteiger charge is -2.42. The molecule has 4 heterocycles. The predicted octanol–water partition coefficient (Wildman–Crippen LogP) is 5.65. The summed E-state index contributed by atoms with van der Waals surface area (Å²) in [5, 5.41) is 0. The van der Waals surface area contributed by atoms with Crippen LogP contribution >= 0.6 is 0 Å². The minimum atomic E-state index is -3.14. The number of benzene rings is 2. The lowest BCUT2D eigenvalue weighted by Crippen LogP contribution is -2.53. The third-order valence-corrected chi connectivity index (χ3v) is 10.3. The number of nitrogens with one attached hydrogen (secondary N) is 1. The first-order chi connectivity index (χ1) is 21.7. The molecule has 2 aromatic heterocycles. The van der Waals surface area contributed by atoms with Crippen LogP contribution in [0.25, 0.3) is 22.2 Å². The van der Waals surface area contributed by atoms with E-state index in [1.165, 1.54) is 18.2 Å². The van der Waals surface area contributed by atoms with E-state index >= 15 is 0 Å². The zero-order chi connectivity index (χ0) is 32.8. The van der Waals surface area contributed by atoms with Gasteiger partial charge in [0.1, 0.15) is 17.4 Å². The first kappa shape index (κ1) is 24.6. The highest BCUT2D eigenvalue weighted by atomic mass is 32.2. The van der Waals surface area contributed by atoms with E-state index in [0.717, 1.165) is 29.7 Å². The van der Waals surface area contributed by atoms with Gasteiger partial charge in [-0.05, 0) is 69.9 Å². The average Bonchev–Trinajstić information content (AvgIpc) is 3.46. The molecule has 0 saturated heterocycles. The molecule has 1 unspecified atom stereocenters. The fourth-order valence-electron chi connectivity index (χ4n) is 6.24. The Morgan fingerprint density at radius 2 is 1.91 bits per heavy atom. The van der Waals surface area contributed by atoms with E-state index in [1.807, 2.05) is 37.5 Å². The maximum atomic E-state index is 13.7. The Kier molecular flexibility index (Phi) is 5.66. The second kappa shape index (κ2) is 9.88. The number of amides is 1. The highest BCUT2D eigenvalue weighted by Gasteiger charge is 2.46. The number of fused-ring (bicyclic) bond motifs is 9. The second-order valence-electron chi connectivity index (χ2n) is 12.3. The summed E-state index contributed by atoms with van der Waals surface area (Å²) < 4.78 is 74.0. The highest BCUT2D eigenvalue weighted by molar-refractivity contribution is 7.84. The van der Waals surface area contributed by atoms with Gasteiger partial charge in [0, 0.05) is 46.6 Å². The average molecular weight is 610 g/mol. The van der Waals surface area contributed by atoms with Crippen LogP contribution in [0.4, 0.5) is 8.78 Å². The van der Waals surface area contributed by atoms with E-state index < -0.39 is 52.8 Å². The van der Waals surface area contributed by atoms with Crippen molar-refractivity contribution in [2.45, 2.75) is 75.4 Å². The van der Waals surface area contributed by atoms with Crippen molar-refractivity contribution in [1.82, 2.24) is 29.1 Å². The molecule has 2 aromatic carbocycles. The van der Waals surface area contributed by atoms with Crippen molar-refractivity contribution in [2.24, 2.45) is 0 Å². The van der Waals surface area contributed by atoms with Gasteiger partial charge in [0.25, 0.3) is 5.91 Å². The zero-order valence-corrected chi connectivity index (χ0v) is 24.6. The molecule has 2 aliphatic heterocycles. The minimum absolute atomic E-state index is 0.000317. The number of carbonyl (C=O) groups is 1. The number of alkyl halides is 2.